The highest BCUT2D eigenvalue weighted by Gasteiger charge is 2.48. The first-order valence-electron chi connectivity index (χ1n) is 11.9. The molecule has 0 radical (unpaired) electrons. The Hall–Kier alpha value is -4.33. The van der Waals surface area contributed by atoms with Gasteiger partial charge in [0.2, 0.25) is 11.7 Å². The molecule has 4 aromatic rings. The minimum Gasteiger partial charge on any atom is -0.369 e. The number of aryl methyl sites for hydroxylation is 1. The zero-order valence-corrected chi connectivity index (χ0v) is 19.6. The molecule has 6 rings (SSSR count). The lowest BCUT2D eigenvalue weighted by Crippen LogP contribution is -2.48. The lowest BCUT2D eigenvalue weighted by Gasteiger charge is -2.26. The highest BCUT2D eigenvalue weighted by atomic mass is 19.1. The first kappa shape index (κ1) is 22.2. The summed E-state index contributed by atoms with van der Waals surface area (Å²) in [6, 6.07) is 12.2. The summed E-state index contributed by atoms with van der Waals surface area (Å²) < 4.78 is 15.6. The second kappa shape index (κ2) is 8.41. The van der Waals surface area contributed by atoms with Gasteiger partial charge >= 0.3 is 0 Å². The second-order valence-corrected chi connectivity index (χ2v) is 9.53. The zero-order chi connectivity index (χ0) is 25.0. The Morgan fingerprint density at radius 1 is 1.08 bits per heavy atom. The molecule has 2 unspecified atom stereocenters. The molecule has 180 valence electrons. The van der Waals surface area contributed by atoms with Gasteiger partial charge in [-0.05, 0) is 61.1 Å². The standard InChI is InChI=1S/C28H24FN5O2/c1-15-11-17(7-9-22(15)29)24-21(3-2-10-31-24)19-6-8-20-13-32-27(34(20)14-19)28(36)33-25-18-5-4-16(12-18)23(25)26(30)35/h2-11,13-14,16,18,23,25H,12H2,1H3,(H2,30,35)(H,33,36)/t16?,18-,23-,25?/m0/s1. The average Bonchev–Trinajstić information content (AvgIpc) is 3.60. The number of imidazole rings is 1. The van der Waals surface area contributed by atoms with E-state index in [0.717, 1.165) is 28.6 Å². The molecule has 0 saturated heterocycles. The molecular weight excluding hydrogens is 457 g/mol. The van der Waals surface area contributed by atoms with Gasteiger partial charge in [-0.15, -0.1) is 0 Å². The number of nitrogens with zero attached hydrogens (tertiary/aromatic N) is 3. The summed E-state index contributed by atoms with van der Waals surface area (Å²) in [5.41, 5.74) is 10.1. The minimum atomic E-state index is -0.414. The van der Waals surface area contributed by atoms with Crippen LogP contribution in [0.5, 0.6) is 0 Å². The van der Waals surface area contributed by atoms with Crippen molar-refractivity contribution in [3.05, 3.63) is 90.4 Å². The molecule has 0 spiro atoms. The van der Waals surface area contributed by atoms with Gasteiger partial charge < -0.3 is 11.1 Å². The lowest BCUT2D eigenvalue weighted by molar-refractivity contribution is -0.123. The molecule has 7 nitrogen and oxygen atoms in total. The number of primary amides is 1. The van der Waals surface area contributed by atoms with Crippen LogP contribution in [-0.4, -0.2) is 32.2 Å². The van der Waals surface area contributed by atoms with Crippen LogP contribution in [0.1, 0.15) is 22.6 Å². The summed E-state index contributed by atoms with van der Waals surface area (Å²) in [6.45, 7) is 1.72. The summed E-state index contributed by atoms with van der Waals surface area (Å²) >= 11 is 0. The Bertz CT molecular complexity index is 1560. The Morgan fingerprint density at radius 2 is 1.89 bits per heavy atom. The third-order valence-electron chi connectivity index (χ3n) is 7.37. The van der Waals surface area contributed by atoms with Crippen molar-refractivity contribution in [3.8, 4) is 22.4 Å². The van der Waals surface area contributed by atoms with Crippen molar-refractivity contribution in [1.29, 1.82) is 0 Å². The van der Waals surface area contributed by atoms with Gasteiger partial charge in [0.05, 0.1) is 23.3 Å². The Labute approximate surface area is 206 Å². The molecule has 0 aliphatic heterocycles. The molecule has 4 atom stereocenters. The summed E-state index contributed by atoms with van der Waals surface area (Å²) in [5, 5.41) is 3.02. The Kier molecular flexibility index (Phi) is 5.17. The fraction of sp³-hybridized carbons (Fsp3) is 0.214. The number of amides is 2. The van der Waals surface area contributed by atoms with Gasteiger partial charge in [0.25, 0.3) is 5.91 Å². The number of fused-ring (bicyclic) bond motifs is 3. The average molecular weight is 482 g/mol. The molecule has 1 fully saturated rings. The van der Waals surface area contributed by atoms with E-state index in [1.807, 2.05) is 36.5 Å². The third kappa shape index (κ3) is 3.57. The molecule has 3 aromatic heterocycles. The number of hydrogen-bond acceptors (Lipinski definition) is 4. The van der Waals surface area contributed by atoms with Gasteiger partial charge in [0.1, 0.15) is 5.82 Å². The number of pyridine rings is 2. The quantitative estimate of drug-likeness (QED) is 0.422. The fourth-order valence-corrected chi connectivity index (χ4v) is 5.60. The summed E-state index contributed by atoms with van der Waals surface area (Å²) in [6.07, 6.45) is 10.1. The van der Waals surface area contributed by atoms with E-state index in [0.29, 0.717) is 11.3 Å². The number of rotatable bonds is 5. The maximum atomic E-state index is 13.9. The zero-order valence-electron chi connectivity index (χ0n) is 19.6. The third-order valence-corrected chi connectivity index (χ3v) is 7.37. The van der Waals surface area contributed by atoms with Crippen LogP contribution in [0.3, 0.4) is 0 Å². The largest absolute Gasteiger partial charge is 0.369 e. The van der Waals surface area contributed by atoms with Gasteiger partial charge in [-0.2, -0.15) is 0 Å². The van der Waals surface area contributed by atoms with Crippen molar-refractivity contribution in [1.82, 2.24) is 19.7 Å². The smallest absolute Gasteiger partial charge is 0.287 e. The number of carbonyl (C=O) groups excluding carboxylic acids is 2. The van der Waals surface area contributed by atoms with E-state index >= 15 is 0 Å². The number of nitrogens with one attached hydrogen (secondary N) is 1. The van der Waals surface area contributed by atoms with Crippen LogP contribution in [0.15, 0.2) is 73.2 Å². The maximum Gasteiger partial charge on any atom is 0.287 e. The normalized spacial score (nSPS) is 22.3. The van der Waals surface area contributed by atoms with Crippen molar-refractivity contribution >= 4 is 17.3 Å². The topological polar surface area (TPSA) is 102 Å². The van der Waals surface area contributed by atoms with E-state index in [1.54, 1.807) is 35.9 Å². The van der Waals surface area contributed by atoms with Crippen molar-refractivity contribution < 1.29 is 14.0 Å². The van der Waals surface area contributed by atoms with E-state index in [-0.39, 0.29) is 35.4 Å². The number of allylic oxidation sites excluding steroid dienone is 1. The Morgan fingerprint density at radius 3 is 2.69 bits per heavy atom. The highest BCUT2D eigenvalue weighted by molar-refractivity contribution is 5.93. The molecular formula is C28H24FN5O2. The number of nitrogens with two attached hydrogens (primary N) is 1. The molecule has 2 bridgehead atoms. The molecule has 36 heavy (non-hydrogen) atoms. The van der Waals surface area contributed by atoms with Gasteiger partial charge in [-0.25, -0.2) is 9.37 Å². The van der Waals surface area contributed by atoms with Crippen molar-refractivity contribution in [3.63, 3.8) is 0 Å². The van der Waals surface area contributed by atoms with Crippen LogP contribution < -0.4 is 11.1 Å². The molecule has 2 aliphatic rings. The monoisotopic (exact) mass is 481 g/mol. The van der Waals surface area contributed by atoms with Crippen LogP contribution >= 0.6 is 0 Å². The van der Waals surface area contributed by atoms with E-state index in [4.69, 9.17) is 5.73 Å². The van der Waals surface area contributed by atoms with Gasteiger partial charge in [-0.1, -0.05) is 24.3 Å². The van der Waals surface area contributed by atoms with Crippen LogP contribution in [0, 0.1) is 30.5 Å². The summed E-state index contributed by atoms with van der Waals surface area (Å²) in [5.74, 6) is -1.04. The molecule has 3 heterocycles. The predicted octanol–water partition coefficient (Wildman–Crippen LogP) is 3.92. The van der Waals surface area contributed by atoms with Gasteiger partial charge in [0.15, 0.2) is 0 Å². The molecule has 1 aromatic carbocycles. The number of halogens is 1. The van der Waals surface area contributed by atoms with E-state index in [9.17, 15) is 14.0 Å². The molecule has 1 saturated carbocycles. The van der Waals surface area contributed by atoms with Crippen molar-refractivity contribution in [2.45, 2.75) is 19.4 Å². The highest BCUT2D eigenvalue weighted by Crippen LogP contribution is 2.43. The number of hydrogen-bond donors (Lipinski definition) is 2. The molecule has 3 N–H and O–H groups in total. The van der Waals surface area contributed by atoms with Crippen molar-refractivity contribution in [2.75, 3.05) is 0 Å². The predicted molar refractivity (Wildman–Crippen MR) is 133 cm³/mol. The van der Waals surface area contributed by atoms with Gasteiger partial charge in [-0.3, -0.25) is 19.0 Å². The number of aromatic nitrogens is 3. The minimum absolute atomic E-state index is 0.0699. The first-order valence-corrected chi connectivity index (χ1v) is 11.9. The summed E-state index contributed by atoms with van der Waals surface area (Å²) in [4.78, 5) is 34.3. The molecule has 2 amide bonds. The summed E-state index contributed by atoms with van der Waals surface area (Å²) in [7, 11) is 0. The molecule has 2 aliphatic carbocycles. The first-order chi connectivity index (χ1) is 17.4. The van der Waals surface area contributed by atoms with E-state index in [2.05, 4.69) is 21.4 Å². The van der Waals surface area contributed by atoms with Crippen LogP contribution in [0.25, 0.3) is 27.9 Å². The fourth-order valence-electron chi connectivity index (χ4n) is 5.60. The van der Waals surface area contributed by atoms with Crippen molar-refractivity contribution in [2.24, 2.45) is 23.5 Å². The van der Waals surface area contributed by atoms with Gasteiger partial charge in [0, 0.05) is 35.1 Å². The van der Waals surface area contributed by atoms with Crippen LogP contribution in [0.2, 0.25) is 0 Å². The Balaban J connectivity index is 1.36. The maximum absolute atomic E-state index is 13.9. The molecule has 8 heteroatoms. The van der Waals surface area contributed by atoms with Crippen LogP contribution in [0.4, 0.5) is 4.39 Å². The van der Waals surface area contributed by atoms with Crippen LogP contribution in [-0.2, 0) is 4.79 Å². The lowest BCUT2D eigenvalue weighted by atomic mass is 9.88. The SMILES string of the molecule is Cc1cc(-c2ncccc2-c2ccc3cnc(C(=O)NC4[C@@H](C(N)=O)C5C=C[C@H]4C5)n3c2)ccc1F. The second-order valence-electron chi connectivity index (χ2n) is 9.53. The number of carbonyl (C=O) groups is 2. The number of benzene rings is 1. The van der Waals surface area contributed by atoms with E-state index < -0.39 is 11.8 Å². The van der Waals surface area contributed by atoms with E-state index in [1.165, 1.54) is 6.07 Å².